The molecular weight excluding hydrogens is 226 g/mol. The van der Waals surface area contributed by atoms with Crippen LogP contribution in [-0.2, 0) is 9.53 Å². The number of hydrogen-bond donors (Lipinski definition) is 1. The van der Waals surface area contributed by atoms with Crippen molar-refractivity contribution in [1.82, 2.24) is 0 Å². The molecule has 1 fully saturated rings. The molecule has 0 amide bonds. The first-order chi connectivity index (χ1) is 8.42. The minimum Gasteiger partial charge on any atom is -0.469 e. The van der Waals surface area contributed by atoms with Crippen molar-refractivity contribution in [3.05, 3.63) is 34.4 Å². The highest BCUT2D eigenvalue weighted by molar-refractivity contribution is 5.81. The number of hydrogen-bond acceptors (Lipinski definition) is 3. The largest absolute Gasteiger partial charge is 0.469 e. The maximum atomic E-state index is 11.9. The predicted octanol–water partition coefficient (Wildman–Crippen LogP) is 2.56. The van der Waals surface area contributed by atoms with Gasteiger partial charge in [-0.05, 0) is 50.3 Å². The lowest BCUT2D eigenvalue weighted by atomic mass is 9.85. The molecule has 98 valence electrons. The van der Waals surface area contributed by atoms with E-state index in [2.05, 4.69) is 32.9 Å². The molecule has 2 N–H and O–H groups in total. The van der Waals surface area contributed by atoms with Gasteiger partial charge >= 0.3 is 5.97 Å². The van der Waals surface area contributed by atoms with Gasteiger partial charge in [-0.2, -0.15) is 0 Å². The second kappa shape index (κ2) is 4.39. The fourth-order valence-corrected chi connectivity index (χ4v) is 2.94. The van der Waals surface area contributed by atoms with Crippen LogP contribution in [0.2, 0.25) is 0 Å². The standard InChI is InChI=1S/C15H21NO2/c1-9-7-10(2)12(11(3)8-9)13(16)15(5-6-15)14(17)18-4/h7-8,13H,5-6,16H2,1-4H3. The number of aryl methyl sites for hydroxylation is 3. The van der Waals surface area contributed by atoms with Crippen LogP contribution in [0.25, 0.3) is 0 Å². The van der Waals surface area contributed by atoms with Gasteiger partial charge in [0.05, 0.1) is 12.5 Å². The molecule has 1 atom stereocenters. The average molecular weight is 247 g/mol. The fourth-order valence-electron chi connectivity index (χ4n) is 2.94. The predicted molar refractivity (Wildman–Crippen MR) is 71.3 cm³/mol. The molecule has 3 nitrogen and oxygen atoms in total. The number of methoxy groups -OCH3 is 1. The molecule has 0 radical (unpaired) electrons. The van der Waals surface area contributed by atoms with Gasteiger partial charge in [-0.25, -0.2) is 0 Å². The van der Waals surface area contributed by atoms with E-state index in [1.807, 2.05) is 0 Å². The van der Waals surface area contributed by atoms with E-state index >= 15 is 0 Å². The van der Waals surface area contributed by atoms with Crippen molar-refractivity contribution < 1.29 is 9.53 Å². The van der Waals surface area contributed by atoms with Crippen LogP contribution in [0.15, 0.2) is 12.1 Å². The van der Waals surface area contributed by atoms with Crippen molar-refractivity contribution in [2.24, 2.45) is 11.1 Å². The smallest absolute Gasteiger partial charge is 0.313 e. The molecule has 0 spiro atoms. The molecule has 0 saturated heterocycles. The number of ether oxygens (including phenoxy) is 1. The maximum Gasteiger partial charge on any atom is 0.313 e. The van der Waals surface area contributed by atoms with Crippen molar-refractivity contribution in [2.75, 3.05) is 7.11 Å². The lowest BCUT2D eigenvalue weighted by Gasteiger charge is -2.25. The average Bonchev–Trinajstić information content (AvgIpc) is 3.07. The summed E-state index contributed by atoms with van der Waals surface area (Å²) < 4.78 is 4.90. The Morgan fingerprint density at radius 1 is 1.28 bits per heavy atom. The van der Waals surface area contributed by atoms with E-state index < -0.39 is 5.41 Å². The van der Waals surface area contributed by atoms with Crippen molar-refractivity contribution in [1.29, 1.82) is 0 Å². The summed E-state index contributed by atoms with van der Waals surface area (Å²) in [4.78, 5) is 11.9. The van der Waals surface area contributed by atoms with E-state index in [-0.39, 0.29) is 12.0 Å². The molecule has 0 bridgehead atoms. The molecular formula is C15H21NO2. The molecule has 1 aliphatic carbocycles. The van der Waals surface area contributed by atoms with Crippen molar-refractivity contribution in [2.45, 2.75) is 39.7 Å². The van der Waals surface area contributed by atoms with Gasteiger partial charge in [-0.15, -0.1) is 0 Å². The molecule has 1 aromatic rings. The Kier molecular flexibility index (Phi) is 3.20. The Bertz CT molecular complexity index is 466. The molecule has 0 heterocycles. The van der Waals surface area contributed by atoms with Gasteiger partial charge < -0.3 is 10.5 Å². The highest BCUT2D eigenvalue weighted by Gasteiger charge is 2.56. The molecule has 1 aromatic carbocycles. The molecule has 1 unspecified atom stereocenters. The number of esters is 1. The minimum atomic E-state index is -0.487. The second-order valence-corrected chi connectivity index (χ2v) is 5.44. The fraction of sp³-hybridized carbons (Fsp3) is 0.533. The van der Waals surface area contributed by atoms with Crippen LogP contribution >= 0.6 is 0 Å². The third-order valence-electron chi connectivity index (χ3n) is 4.02. The summed E-state index contributed by atoms with van der Waals surface area (Å²) in [7, 11) is 1.43. The van der Waals surface area contributed by atoms with Gasteiger partial charge in [-0.3, -0.25) is 4.79 Å². The van der Waals surface area contributed by atoms with Crippen molar-refractivity contribution in [3.63, 3.8) is 0 Å². The summed E-state index contributed by atoms with van der Waals surface area (Å²) in [5.41, 5.74) is 10.5. The quantitative estimate of drug-likeness (QED) is 0.835. The summed E-state index contributed by atoms with van der Waals surface area (Å²) >= 11 is 0. The molecule has 0 aromatic heterocycles. The Balaban J connectivity index is 2.41. The van der Waals surface area contributed by atoms with Crippen LogP contribution in [0.5, 0.6) is 0 Å². The summed E-state index contributed by atoms with van der Waals surface area (Å²) in [5, 5.41) is 0. The number of rotatable bonds is 3. The molecule has 2 rings (SSSR count). The van der Waals surface area contributed by atoms with E-state index in [1.54, 1.807) is 0 Å². The summed E-state index contributed by atoms with van der Waals surface area (Å²) in [5.74, 6) is -0.172. The van der Waals surface area contributed by atoms with E-state index in [9.17, 15) is 4.79 Å². The summed E-state index contributed by atoms with van der Waals surface area (Å²) in [6.45, 7) is 6.19. The first kappa shape index (κ1) is 13.1. The lowest BCUT2D eigenvalue weighted by molar-refractivity contribution is -0.148. The number of benzene rings is 1. The monoisotopic (exact) mass is 247 g/mol. The third kappa shape index (κ3) is 1.93. The molecule has 18 heavy (non-hydrogen) atoms. The van der Waals surface area contributed by atoms with Gasteiger partial charge in [0.15, 0.2) is 0 Å². The van der Waals surface area contributed by atoms with Crippen molar-refractivity contribution >= 4 is 5.97 Å². The van der Waals surface area contributed by atoms with Crippen molar-refractivity contribution in [3.8, 4) is 0 Å². The Labute approximate surface area is 108 Å². The van der Waals surface area contributed by atoms with Gasteiger partial charge in [0.2, 0.25) is 0 Å². The maximum absolute atomic E-state index is 11.9. The second-order valence-electron chi connectivity index (χ2n) is 5.44. The van der Waals surface area contributed by atoms with Crippen LogP contribution in [0.4, 0.5) is 0 Å². The highest BCUT2D eigenvalue weighted by atomic mass is 16.5. The van der Waals surface area contributed by atoms with E-state index in [0.717, 1.165) is 29.5 Å². The SMILES string of the molecule is COC(=O)C1(C(N)c2c(C)cc(C)cc2C)CC1. The molecule has 1 saturated carbocycles. The number of carbonyl (C=O) groups is 1. The Morgan fingerprint density at radius 3 is 2.17 bits per heavy atom. The Morgan fingerprint density at radius 2 is 1.78 bits per heavy atom. The topological polar surface area (TPSA) is 52.3 Å². The summed E-state index contributed by atoms with van der Waals surface area (Å²) in [6.07, 6.45) is 1.65. The minimum absolute atomic E-state index is 0.172. The van der Waals surface area contributed by atoms with E-state index in [4.69, 9.17) is 10.5 Å². The van der Waals surface area contributed by atoms with E-state index in [0.29, 0.717) is 0 Å². The third-order valence-corrected chi connectivity index (χ3v) is 4.02. The summed E-state index contributed by atoms with van der Waals surface area (Å²) in [6, 6.07) is 3.98. The number of nitrogens with two attached hydrogens (primary N) is 1. The van der Waals surface area contributed by atoms with Crippen LogP contribution in [0, 0.1) is 26.2 Å². The van der Waals surface area contributed by atoms with Gasteiger partial charge in [-0.1, -0.05) is 17.7 Å². The van der Waals surface area contributed by atoms with Crippen LogP contribution in [0.1, 0.15) is 41.1 Å². The van der Waals surface area contributed by atoms with Crippen LogP contribution in [0.3, 0.4) is 0 Å². The first-order valence-corrected chi connectivity index (χ1v) is 6.34. The molecule has 1 aliphatic rings. The number of carbonyl (C=O) groups excluding carboxylic acids is 1. The zero-order chi connectivity index (χ0) is 13.5. The van der Waals surface area contributed by atoms with E-state index in [1.165, 1.54) is 12.7 Å². The molecule has 0 aliphatic heterocycles. The zero-order valence-corrected chi connectivity index (χ0v) is 11.5. The lowest BCUT2D eigenvalue weighted by Crippen LogP contribution is -2.32. The normalized spacial score (nSPS) is 18.3. The van der Waals surface area contributed by atoms with Gasteiger partial charge in [0.1, 0.15) is 0 Å². The van der Waals surface area contributed by atoms with Crippen LogP contribution in [-0.4, -0.2) is 13.1 Å². The zero-order valence-electron chi connectivity index (χ0n) is 11.5. The molecule has 3 heteroatoms. The van der Waals surface area contributed by atoms with Crippen LogP contribution < -0.4 is 5.73 Å². The van der Waals surface area contributed by atoms with Gasteiger partial charge in [0, 0.05) is 6.04 Å². The first-order valence-electron chi connectivity index (χ1n) is 6.34. The Hall–Kier alpha value is -1.35. The highest BCUT2D eigenvalue weighted by Crippen LogP contribution is 2.55. The van der Waals surface area contributed by atoms with Gasteiger partial charge in [0.25, 0.3) is 0 Å².